The normalized spacial score (nSPS) is 14.3. The molecule has 0 aromatic carbocycles. The first kappa shape index (κ1) is 48.0. The van der Waals surface area contributed by atoms with Gasteiger partial charge in [0.15, 0.2) is 0 Å². The molecule has 0 spiro atoms. The zero-order valence-electron chi connectivity index (χ0n) is 32.7. The van der Waals surface area contributed by atoms with Crippen molar-refractivity contribution in [3.63, 3.8) is 0 Å². The zero-order chi connectivity index (χ0) is 36.0. The van der Waals surface area contributed by atoms with Gasteiger partial charge in [0.05, 0.1) is 18.8 Å². The van der Waals surface area contributed by atoms with Crippen LogP contribution in [0.3, 0.4) is 0 Å². The van der Waals surface area contributed by atoms with E-state index in [-0.39, 0.29) is 0 Å². The Morgan fingerprint density at radius 2 is 0.837 bits per heavy atom. The number of carbonyl (C=O) groups is 1. The standard InChI is InChI=1S/C43H85NO5/c1-3-5-7-9-11-13-15-17-18-19-20-21-22-23-24-25-27-29-31-33-35-37-41(47)43(49)44-39(38-45)42(48)40(46)36-34-32-30-28-26-16-14-12-10-8-6-4-2/h28,30,39-42,45-48H,3-27,29,31-38H2,1-2H3,(H,44,49)/b30-28+/t39-,40+,41+,42-/m0/s1. The molecule has 49 heavy (non-hydrogen) atoms. The van der Waals surface area contributed by atoms with Crippen molar-refractivity contribution in [3.8, 4) is 0 Å². The summed E-state index contributed by atoms with van der Waals surface area (Å²) >= 11 is 0. The smallest absolute Gasteiger partial charge is 0.249 e. The van der Waals surface area contributed by atoms with E-state index in [2.05, 4.69) is 31.3 Å². The van der Waals surface area contributed by atoms with Crippen molar-refractivity contribution in [3.05, 3.63) is 12.2 Å². The molecule has 1 amide bonds. The van der Waals surface area contributed by atoms with Gasteiger partial charge in [-0.05, 0) is 38.5 Å². The highest BCUT2D eigenvalue weighted by atomic mass is 16.3. The van der Waals surface area contributed by atoms with Gasteiger partial charge in [0.2, 0.25) is 5.91 Å². The number of amides is 1. The van der Waals surface area contributed by atoms with E-state index in [9.17, 15) is 25.2 Å². The van der Waals surface area contributed by atoms with E-state index >= 15 is 0 Å². The Kier molecular flexibility index (Phi) is 37.5. The molecular formula is C43H85NO5. The molecule has 0 aliphatic heterocycles. The maximum absolute atomic E-state index is 12.5. The van der Waals surface area contributed by atoms with E-state index in [0.717, 1.165) is 38.5 Å². The molecule has 0 unspecified atom stereocenters. The SMILES string of the molecule is CCCCCCCCC/C=C/CCC[C@@H](O)[C@@H](O)[C@H](CO)NC(=O)[C@H](O)CCCCCCCCCCCCCCCCCCCCCCC. The molecule has 292 valence electrons. The minimum atomic E-state index is -1.28. The summed E-state index contributed by atoms with van der Waals surface area (Å²) in [6, 6.07) is -0.996. The summed E-state index contributed by atoms with van der Waals surface area (Å²) < 4.78 is 0. The molecule has 0 aliphatic rings. The van der Waals surface area contributed by atoms with Crippen molar-refractivity contribution in [2.24, 2.45) is 0 Å². The number of rotatable bonds is 39. The summed E-state index contributed by atoms with van der Waals surface area (Å²) in [5.41, 5.74) is 0. The van der Waals surface area contributed by atoms with Crippen LogP contribution in [0.5, 0.6) is 0 Å². The Bertz CT molecular complexity index is 702. The number of unbranched alkanes of at least 4 members (excludes halogenated alkanes) is 28. The predicted octanol–water partition coefficient (Wildman–Crippen LogP) is 11.0. The zero-order valence-corrected chi connectivity index (χ0v) is 32.7. The van der Waals surface area contributed by atoms with Crippen molar-refractivity contribution in [1.29, 1.82) is 0 Å². The van der Waals surface area contributed by atoms with Crippen LogP contribution in [0.2, 0.25) is 0 Å². The van der Waals surface area contributed by atoms with Crippen molar-refractivity contribution < 1.29 is 25.2 Å². The number of hydrogen-bond acceptors (Lipinski definition) is 5. The third-order valence-electron chi connectivity index (χ3n) is 10.2. The lowest BCUT2D eigenvalue weighted by molar-refractivity contribution is -0.132. The summed E-state index contributed by atoms with van der Waals surface area (Å²) in [5, 5.41) is 43.5. The summed E-state index contributed by atoms with van der Waals surface area (Å²) in [6.45, 7) is 4.03. The topological polar surface area (TPSA) is 110 Å². The van der Waals surface area contributed by atoms with Gasteiger partial charge in [0.25, 0.3) is 0 Å². The molecule has 6 heteroatoms. The first-order chi connectivity index (χ1) is 24.0. The van der Waals surface area contributed by atoms with E-state index in [1.165, 1.54) is 161 Å². The molecule has 0 rings (SSSR count). The van der Waals surface area contributed by atoms with Crippen molar-refractivity contribution in [2.75, 3.05) is 6.61 Å². The third kappa shape index (κ3) is 32.7. The molecule has 0 aromatic heterocycles. The van der Waals surface area contributed by atoms with Crippen molar-refractivity contribution >= 4 is 5.91 Å². The van der Waals surface area contributed by atoms with Gasteiger partial charge in [-0.15, -0.1) is 0 Å². The fraction of sp³-hybridized carbons (Fsp3) is 0.930. The number of nitrogens with one attached hydrogen (secondary N) is 1. The second-order valence-electron chi connectivity index (χ2n) is 15.0. The molecule has 0 bridgehead atoms. The van der Waals surface area contributed by atoms with Crippen LogP contribution < -0.4 is 5.32 Å². The second kappa shape index (κ2) is 38.3. The molecular weight excluding hydrogens is 610 g/mol. The van der Waals surface area contributed by atoms with Crippen LogP contribution in [-0.2, 0) is 4.79 Å². The number of hydrogen-bond donors (Lipinski definition) is 5. The highest BCUT2D eigenvalue weighted by molar-refractivity contribution is 5.80. The van der Waals surface area contributed by atoms with Crippen molar-refractivity contribution in [1.82, 2.24) is 5.32 Å². The molecule has 0 fully saturated rings. The molecule has 0 saturated heterocycles. The molecule has 0 aromatic rings. The maximum atomic E-state index is 12.5. The number of carbonyl (C=O) groups excluding carboxylic acids is 1. The number of aliphatic hydroxyl groups excluding tert-OH is 4. The van der Waals surface area contributed by atoms with Crippen LogP contribution in [-0.4, -0.2) is 57.3 Å². The van der Waals surface area contributed by atoms with Crippen LogP contribution in [0, 0.1) is 0 Å². The number of aliphatic hydroxyl groups is 4. The Labute approximate surface area is 304 Å². The lowest BCUT2D eigenvalue weighted by Gasteiger charge is -2.27. The first-order valence-corrected chi connectivity index (χ1v) is 21.6. The molecule has 0 aliphatic carbocycles. The minimum absolute atomic E-state index is 0.368. The van der Waals surface area contributed by atoms with Gasteiger partial charge in [-0.1, -0.05) is 199 Å². The lowest BCUT2D eigenvalue weighted by atomic mass is 10.00. The average Bonchev–Trinajstić information content (AvgIpc) is 3.11. The van der Waals surface area contributed by atoms with Gasteiger partial charge in [-0.3, -0.25) is 4.79 Å². The lowest BCUT2D eigenvalue weighted by Crippen LogP contribution is -2.53. The highest BCUT2D eigenvalue weighted by Crippen LogP contribution is 2.16. The molecule has 5 N–H and O–H groups in total. The summed E-state index contributed by atoms with van der Waals surface area (Å²) in [7, 11) is 0. The average molecular weight is 696 g/mol. The van der Waals surface area contributed by atoms with E-state index in [1.54, 1.807) is 0 Å². The largest absolute Gasteiger partial charge is 0.394 e. The fourth-order valence-electron chi connectivity index (χ4n) is 6.76. The second-order valence-corrected chi connectivity index (χ2v) is 15.0. The number of allylic oxidation sites excluding steroid dienone is 2. The van der Waals surface area contributed by atoms with Crippen LogP contribution in [0.1, 0.15) is 226 Å². The van der Waals surface area contributed by atoms with Crippen LogP contribution in [0.4, 0.5) is 0 Å². The van der Waals surface area contributed by atoms with Crippen molar-refractivity contribution in [2.45, 2.75) is 250 Å². The van der Waals surface area contributed by atoms with E-state index in [1.807, 2.05) is 0 Å². The van der Waals surface area contributed by atoms with Gasteiger partial charge < -0.3 is 25.7 Å². The quantitative estimate of drug-likeness (QED) is 0.0325. The van der Waals surface area contributed by atoms with Gasteiger partial charge in [0.1, 0.15) is 12.2 Å². The molecule has 0 heterocycles. The Balaban J connectivity index is 3.71. The summed E-state index contributed by atoms with van der Waals surface area (Å²) in [4.78, 5) is 12.5. The molecule has 0 radical (unpaired) electrons. The fourth-order valence-corrected chi connectivity index (χ4v) is 6.76. The van der Waals surface area contributed by atoms with Gasteiger partial charge in [-0.25, -0.2) is 0 Å². The third-order valence-corrected chi connectivity index (χ3v) is 10.2. The molecule has 6 nitrogen and oxygen atoms in total. The van der Waals surface area contributed by atoms with Gasteiger partial charge in [0, 0.05) is 0 Å². The summed E-state index contributed by atoms with van der Waals surface area (Å²) in [5.74, 6) is -0.591. The van der Waals surface area contributed by atoms with Crippen LogP contribution in [0.25, 0.3) is 0 Å². The summed E-state index contributed by atoms with van der Waals surface area (Å²) in [6.07, 6.45) is 41.0. The first-order valence-electron chi connectivity index (χ1n) is 21.6. The van der Waals surface area contributed by atoms with Crippen LogP contribution >= 0.6 is 0 Å². The molecule has 4 atom stereocenters. The Hall–Kier alpha value is -0.950. The van der Waals surface area contributed by atoms with Gasteiger partial charge >= 0.3 is 0 Å². The highest BCUT2D eigenvalue weighted by Gasteiger charge is 2.28. The van der Waals surface area contributed by atoms with E-state index in [4.69, 9.17) is 0 Å². The Morgan fingerprint density at radius 3 is 1.22 bits per heavy atom. The maximum Gasteiger partial charge on any atom is 0.249 e. The molecule has 0 saturated carbocycles. The van der Waals surface area contributed by atoms with Gasteiger partial charge in [-0.2, -0.15) is 0 Å². The minimum Gasteiger partial charge on any atom is -0.394 e. The van der Waals surface area contributed by atoms with Crippen LogP contribution in [0.15, 0.2) is 12.2 Å². The monoisotopic (exact) mass is 696 g/mol. The predicted molar refractivity (Wildman–Crippen MR) is 210 cm³/mol. The van der Waals surface area contributed by atoms with E-state index in [0.29, 0.717) is 12.8 Å². The Morgan fingerprint density at radius 1 is 0.490 bits per heavy atom. The van der Waals surface area contributed by atoms with E-state index < -0.39 is 36.9 Å².